The van der Waals surface area contributed by atoms with Crippen LogP contribution in [0.15, 0.2) is 36.8 Å². The Morgan fingerprint density at radius 3 is 2.83 bits per heavy atom. The van der Waals surface area contributed by atoms with Crippen molar-refractivity contribution < 1.29 is 0 Å². The smallest absolute Gasteiger partial charge is 0.0949 e. The molecule has 0 spiro atoms. The number of benzene rings is 1. The first kappa shape index (κ1) is 11.3. The van der Waals surface area contributed by atoms with Crippen molar-refractivity contribution in [3.05, 3.63) is 48.0 Å². The number of nitrogen functional groups attached to an aromatic ring is 1. The molecule has 2 heterocycles. The topological polar surface area (TPSA) is 47.1 Å². The minimum absolute atomic E-state index is 0.834. The van der Waals surface area contributed by atoms with E-state index in [4.69, 9.17) is 5.73 Å². The summed E-state index contributed by atoms with van der Waals surface area (Å²) >= 11 is 0. The maximum Gasteiger partial charge on any atom is 0.0949 e. The number of imidazole rings is 1. The summed E-state index contributed by atoms with van der Waals surface area (Å²) in [5.74, 6) is 0. The highest BCUT2D eigenvalue weighted by molar-refractivity contribution is 5.39. The molecule has 4 nitrogen and oxygen atoms in total. The molecule has 4 heteroatoms. The van der Waals surface area contributed by atoms with Gasteiger partial charge in [0.25, 0.3) is 0 Å². The molecular weight excluding hydrogens is 224 g/mol. The second-order valence-corrected chi connectivity index (χ2v) is 4.85. The van der Waals surface area contributed by atoms with E-state index in [0.717, 1.165) is 38.3 Å². The Morgan fingerprint density at radius 1 is 1.17 bits per heavy atom. The van der Waals surface area contributed by atoms with Crippen LogP contribution in [-0.4, -0.2) is 27.5 Å². The molecule has 0 aliphatic carbocycles. The van der Waals surface area contributed by atoms with Crippen molar-refractivity contribution in [2.24, 2.45) is 0 Å². The van der Waals surface area contributed by atoms with Crippen molar-refractivity contribution >= 4 is 5.69 Å². The molecule has 0 saturated heterocycles. The van der Waals surface area contributed by atoms with E-state index in [1.54, 1.807) is 0 Å². The summed E-state index contributed by atoms with van der Waals surface area (Å²) in [6.07, 6.45) is 4.97. The van der Waals surface area contributed by atoms with Gasteiger partial charge in [0, 0.05) is 38.1 Å². The molecule has 1 aromatic heterocycles. The van der Waals surface area contributed by atoms with Gasteiger partial charge >= 0.3 is 0 Å². The maximum atomic E-state index is 5.69. The lowest BCUT2D eigenvalue weighted by Crippen LogP contribution is -2.34. The lowest BCUT2D eigenvalue weighted by Gasteiger charge is -2.27. The molecule has 0 bridgehead atoms. The number of anilines is 1. The molecular formula is C14H18N4. The van der Waals surface area contributed by atoms with Gasteiger partial charge in [-0.2, -0.15) is 0 Å². The summed E-state index contributed by atoms with van der Waals surface area (Å²) in [6, 6.07) is 8.17. The summed E-state index contributed by atoms with van der Waals surface area (Å²) in [4.78, 5) is 6.67. The van der Waals surface area contributed by atoms with E-state index in [1.807, 2.05) is 24.7 Å². The van der Waals surface area contributed by atoms with Gasteiger partial charge in [-0.25, -0.2) is 4.98 Å². The largest absolute Gasteiger partial charge is 0.399 e. The van der Waals surface area contributed by atoms with Crippen LogP contribution in [0.1, 0.15) is 11.3 Å². The molecule has 94 valence electrons. The number of hydrogen-bond donors (Lipinski definition) is 1. The average molecular weight is 242 g/mol. The van der Waals surface area contributed by atoms with Crippen LogP contribution in [0.5, 0.6) is 0 Å². The first-order valence-corrected chi connectivity index (χ1v) is 6.37. The summed E-state index contributed by atoms with van der Waals surface area (Å²) < 4.78 is 2.24. The third kappa shape index (κ3) is 2.38. The Hall–Kier alpha value is -1.81. The molecule has 0 amide bonds. The van der Waals surface area contributed by atoms with E-state index in [1.165, 1.54) is 11.3 Å². The van der Waals surface area contributed by atoms with Crippen molar-refractivity contribution in [1.29, 1.82) is 0 Å². The summed E-state index contributed by atoms with van der Waals surface area (Å²) in [5, 5.41) is 0. The highest BCUT2D eigenvalue weighted by Gasteiger charge is 2.15. The number of aromatic nitrogens is 2. The van der Waals surface area contributed by atoms with Gasteiger partial charge in [0.1, 0.15) is 0 Å². The van der Waals surface area contributed by atoms with E-state index in [-0.39, 0.29) is 0 Å². The normalized spacial score (nSPS) is 15.6. The van der Waals surface area contributed by atoms with Gasteiger partial charge < -0.3 is 10.3 Å². The molecule has 1 aliphatic rings. The van der Waals surface area contributed by atoms with Gasteiger partial charge in [-0.15, -0.1) is 0 Å². The van der Waals surface area contributed by atoms with Gasteiger partial charge in [-0.3, -0.25) is 4.90 Å². The lowest BCUT2D eigenvalue weighted by molar-refractivity contribution is 0.224. The van der Waals surface area contributed by atoms with Crippen LogP contribution in [0, 0.1) is 0 Å². The van der Waals surface area contributed by atoms with E-state index in [9.17, 15) is 0 Å². The van der Waals surface area contributed by atoms with Crippen LogP contribution in [0.25, 0.3) is 0 Å². The molecule has 3 rings (SSSR count). The Morgan fingerprint density at radius 2 is 2.00 bits per heavy atom. The summed E-state index contributed by atoms with van der Waals surface area (Å²) in [7, 11) is 0. The van der Waals surface area contributed by atoms with Crippen molar-refractivity contribution in [1.82, 2.24) is 14.5 Å². The standard InChI is InChI=1S/C14H18N4/c15-13-3-1-12(2-4-13)5-6-17-7-8-18-11-16-9-14(18)10-17/h1-4,9,11H,5-8,10,15H2. The molecule has 0 radical (unpaired) electrons. The monoisotopic (exact) mass is 242 g/mol. The molecule has 0 unspecified atom stereocenters. The number of fused-ring (bicyclic) bond motifs is 1. The predicted octanol–water partition coefficient (Wildman–Crippen LogP) is 1.52. The minimum Gasteiger partial charge on any atom is -0.399 e. The third-order valence-electron chi connectivity index (χ3n) is 3.54. The van der Waals surface area contributed by atoms with Crippen molar-refractivity contribution in [3.8, 4) is 0 Å². The maximum absolute atomic E-state index is 5.69. The molecule has 1 aliphatic heterocycles. The fourth-order valence-corrected chi connectivity index (χ4v) is 2.40. The molecule has 0 saturated carbocycles. The second-order valence-electron chi connectivity index (χ2n) is 4.85. The molecule has 2 aromatic rings. The van der Waals surface area contributed by atoms with Crippen LogP contribution in [-0.2, 0) is 19.5 Å². The Balaban J connectivity index is 1.57. The molecule has 2 N–H and O–H groups in total. The fraction of sp³-hybridized carbons (Fsp3) is 0.357. The van der Waals surface area contributed by atoms with Crippen LogP contribution >= 0.6 is 0 Å². The second kappa shape index (κ2) is 4.82. The van der Waals surface area contributed by atoms with E-state index in [0.29, 0.717) is 0 Å². The van der Waals surface area contributed by atoms with Crippen LogP contribution in [0.4, 0.5) is 5.69 Å². The SMILES string of the molecule is Nc1ccc(CCN2CCn3cncc3C2)cc1. The average Bonchev–Trinajstić information content (AvgIpc) is 2.85. The van der Waals surface area contributed by atoms with Gasteiger partial charge in [-0.05, 0) is 24.1 Å². The van der Waals surface area contributed by atoms with Gasteiger partial charge in [-0.1, -0.05) is 12.1 Å². The fourth-order valence-electron chi connectivity index (χ4n) is 2.40. The molecule has 18 heavy (non-hydrogen) atoms. The third-order valence-corrected chi connectivity index (χ3v) is 3.54. The minimum atomic E-state index is 0.834. The van der Waals surface area contributed by atoms with Gasteiger partial charge in [0.05, 0.1) is 12.0 Å². The number of nitrogens with two attached hydrogens (primary N) is 1. The van der Waals surface area contributed by atoms with Crippen molar-refractivity contribution in [2.45, 2.75) is 19.5 Å². The van der Waals surface area contributed by atoms with Gasteiger partial charge in [0.15, 0.2) is 0 Å². The van der Waals surface area contributed by atoms with Crippen LogP contribution in [0.3, 0.4) is 0 Å². The van der Waals surface area contributed by atoms with Gasteiger partial charge in [0.2, 0.25) is 0 Å². The molecule has 1 aromatic carbocycles. The first-order chi connectivity index (χ1) is 8.81. The number of hydrogen-bond acceptors (Lipinski definition) is 3. The Kier molecular flexibility index (Phi) is 3.02. The Labute approximate surface area is 107 Å². The zero-order chi connectivity index (χ0) is 12.4. The number of rotatable bonds is 3. The van der Waals surface area contributed by atoms with E-state index >= 15 is 0 Å². The van der Waals surface area contributed by atoms with Crippen molar-refractivity contribution in [3.63, 3.8) is 0 Å². The zero-order valence-electron chi connectivity index (χ0n) is 10.4. The van der Waals surface area contributed by atoms with Crippen LogP contribution < -0.4 is 5.73 Å². The zero-order valence-corrected chi connectivity index (χ0v) is 10.4. The lowest BCUT2D eigenvalue weighted by atomic mass is 10.1. The van der Waals surface area contributed by atoms with E-state index in [2.05, 4.69) is 26.6 Å². The number of nitrogens with zero attached hydrogens (tertiary/aromatic N) is 3. The van der Waals surface area contributed by atoms with E-state index < -0.39 is 0 Å². The predicted molar refractivity (Wildman–Crippen MR) is 72.1 cm³/mol. The summed E-state index contributed by atoms with van der Waals surface area (Å²) in [5.41, 5.74) is 9.19. The summed E-state index contributed by atoms with van der Waals surface area (Å²) in [6.45, 7) is 4.26. The quantitative estimate of drug-likeness (QED) is 0.830. The first-order valence-electron chi connectivity index (χ1n) is 6.37. The Bertz CT molecular complexity index is 515. The van der Waals surface area contributed by atoms with Crippen molar-refractivity contribution in [2.75, 3.05) is 18.8 Å². The highest BCUT2D eigenvalue weighted by atomic mass is 15.2. The van der Waals surface area contributed by atoms with Crippen LogP contribution in [0.2, 0.25) is 0 Å². The molecule has 0 atom stereocenters. The molecule has 0 fully saturated rings. The highest BCUT2D eigenvalue weighted by Crippen LogP contribution is 2.12.